The SMILES string of the molecule is CN1CC2CC1CN2n1nc(N)nc1-c1ccccc1. The number of nitrogens with zero attached hydrogens (tertiary/aromatic N) is 5. The Balaban J connectivity index is 1.73. The molecule has 2 aliphatic rings. The van der Waals surface area contributed by atoms with Crippen LogP contribution in [0, 0.1) is 0 Å². The molecule has 0 amide bonds. The Bertz CT molecular complexity index is 620. The summed E-state index contributed by atoms with van der Waals surface area (Å²) < 4.78 is 0. The molecule has 3 heterocycles. The average Bonchev–Trinajstić information content (AvgIpc) is 3.12. The van der Waals surface area contributed by atoms with Gasteiger partial charge >= 0.3 is 0 Å². The van der Waals surface area contributed by atoms with E-state index in [2.05, 4.69) is 27.0 Å². The van der Waals surface area contributed by atoms with Crippen molar-refractivity contribution in [3.05, 3.63) is 30.3 Å². The van der Waals surface area contributed by atoms with E-state index < -0.39 is 0 Å². The molecule has 0 radical (unpaired) electrons. The molecule has 1 aromatic carbocycles. The van der Waals surface area contributed by atoms with E-state index in [-0.39, 0.29) is 0 Å². The smallest absolute Gasteiger partial charge is 0.242 e. The fourth-order valence-electron chi connectivity index (χ4n) is 3.34. The van der Waals surface area contributed by atoms with Crippen LogP contribution in [0.1, 0.15) is 6.42 Å². The lowest BCUT2D eigenvalue weighted by Gasteiger charge is -2.33. The number of likely N-dealkylation sites (tertiary alicyclic amines) is 1. The number of hydrogen-bond acceptors (Lipinski definition) is 5. The van der Waals surface area contributed by atoms with Gasteiger partial charge in [-0.15, -0.1) is 5.10 Å². The van der Waals surface area contributed by atoms with E-state index in [1.165, 1.54) is 6.42 Å². The highest BCUT2D eigenvalue weighted by Crippen LogP contribution is 2.30. The number of anilines is 1. The van der Waals surface area contributed by atoms with Crippen LogP contribution in [-0.2, 0) is 0 Å². The van der Waals surface area contributed by atoms with Gasteiger partial charge in [-0.05, 0) is 13.5 Å². The molecule has 1 aromatic heterocycles. The lowest BCUT2D eigenvalue weighted by atomic mass is 10.2. The summed E-state index contributed by atoms with van der Waals surface area (Å²) in [6.07, 6.45) is 1.20. The van der Waals surface area contributed by atoms with Crippen molar-refractivity contribution >= 4 is 5.95 Å². The maximum atomic E-state index is 5.83. The van der Waals surface area contributed by atoms with Crippen molar-refractivity contribution in [3.8, 4) is 11.4 Å². The quantitative estimate of drug-likeness (QED) is 0.863. The van der Waals surface area contributed by atoms with Crippen LogP contribution in [0.2, 0.25) is 0 Å². The predicted octanol–water partition coefficient (Wildman–Crippen LogP) is 0.552. The number of hydrogen-bond donors (Lipinski definition) is 1. The second-order valence-corrected chi connectivity index (χ2v) is 5.65. The Morgan fingerprint density at radius 2 is 1.95 bits per heavy atom. The summed E-state index contributed by atoms with van der Waals surface area (Å²) in [6, 6.07) is 11.2. The first-order valence-electron chi connectivity index (χ1n) is 6.97. The molecule has 4 rings (SSSR count). The van der Waals surface area contributed by atoms with Crippen molar-refractivity contribution in [1.29, 1.82) is 0 Å². The Hall–Kier alpha value is -2.08. The predicted molar refractivity (Wildman–Crippen MR) is 77.8 cm³/mol. The second-order valence-electron chi connectivity index (χ2n) is 5.65. The fourth-order valence-corrected chi connectivity index (χ4v) is 3.34. The van der Waals surface area contributed by atoms with E-state index >= 15 is 0 Å². The summed E-state index contributed by atoms with van der Waals surface area (Å²) in [7, 11) is 2.19. The highest BCUT2D eigenvalue weighted by atomic mass is 15.7. The topological polar surface area (TPSA) is 63.2 Å². The van der Waals surface area contributed by atoms with Crippen molar-refractivity contribution < 1.29 is 0 Å². The number of piperazine rings is 1. The first-order valence-corrected chi connectivity index (χ1v) is 6.97. The third-order valence-corrected chi connectivity index (χ3v) is 4.37. The molecule has 6 nitrogen and oxygen atoms in total. The molecule has 2 N–H and O–H groups in total. The van der Waals surface area contributed by atoms with Crippen LogP contribution in [-0.4, -0.2) is 52.0 Å². The van der Waals surface area contributed by atoms with Crippen LogP contribution in [0.4, 0.5) is 5.95 Å². The standard InChI is InChI=1S/C14H18N6/c1-18-8-12-7-11(18)9-19(12)20-13(16-14(15)17-20)10-5-3-2-4-6-10/h2-6,11-12H,7-9H2,1H3,(H2,15,17). The normalized spacial score (nSPS) is 25.6. The van der Waals surface area contributed by atoms with Crippen LogP contribution in [0.15, 0.2) is 30.3 Å². The van der Waals surface area contributed by atoms with Crippen molar-refractivity contribution in [3.63, 3.8) is 0 Å². The van der Waals surface area contributed by atoms with Gasteiger partial charge in [0.15, 0.2) is 5.82 Å². The lowest BCUT2D eigenvalue weighted by Crippen LogP contribution is -2.50. The number of rotatable bonds is 2. The van der Waals surface area contributed by atoms with Crippen molar-refractivity contribution in [2.75, 3.05) is 30.9 Å². The number of benzene rings is 1. The Labute approximate surface area is 117 Å². The van der Waals surface area contributed by atoms with Gasteiger partial charge in [0.25, 0.3) is 0 Å². The zero-order valence-corrected chi connectivity index (χ0v) is 11.5. The molecule has 2 atom stereocenters. The van der Waals surface area contributed by atoms with Crippen LogP contribution in [0.3, 0.4) is 0 Å². The minimum absolute atomic E-state index is 0.333. The van der Waals surface area contributed by atoms with Gasteiger partial charge in [0.05, 0.1) is 12.6 Å². The first-order chi connectivity index (χ1) is 9.72. The Morgan fingerprint density at radius 3 is 2.60 bits per heavy atom. The number of likely N-dealkylation sites (N-methyl/N-ethyl adjacent to an activating group) is 1. The van der Waals surface area contributed by atoms with E-state index in [1.807, 2.05) is 35.1 Å². The summed E-state index contributed by atoms with van der Waals surface area (Å²) in [6.45, 7) is 2.07. The molecular formula is C14H18N6. The molecule has 6 heteroatoms. The lowest BCUT2D eigenvalue weighted by molar-refractivity contribution is 0.269. The molecule has 0 aliphatic carbocycles. The van der Waals surface area contributed by atoms with Crippen LogP contribution in [0.5, 0.6) is 0 Å². The highest BCUT2D eigenvalue weighted by molar-refractivity contribution is 5.56. The molecule has 2 fully saturated rings. The minimum atomic E-state index is 0.333. The van der Waals surface area contributed by atoms with E-state index in [0.29, 0.717) is 18.0 Å². The summed E-state index contributed by atoms with van der Waals surface area (Å²) in [5.74, 6) is 1.17. The molecule has 0 spiro atoms. The van der Waals surface area contributed by atoms with E-state index in [1.54, 1.807) is 0 Å². The van der Waals surface area contributed by atoms with E-state index in [4.69, 9.17) is 5.73 Å². The Kier molecular flexibility index (Phi) is 2.47. The van der Waals surface area contributed by atoms with Crippen molar-refractivity contribution in [1.82, 2.24) is 19.8 Å². The molecule has 2 bridgehead atoms. The van der Waals surface area contributed by atoms with Gasteiger partial charge in [0.1, 0.15) is 0 Å². The maximum Gasteiger partial charge on any atom is 0.242 e. The van der Waals surface area contributed by atoms with Gasteiger partial charge in [-0.25, -0.2) is 0 Å². The van der Waals surface area contributed by atoms with Crippen molar-refractivity contribution in [2.24, 2.45) is 0 Å². The second kappa shape index (κ2) is 4.21. The molecule has 2 aromatic rings. The van der Waals surface area contributed by atoms with Crippen molar-refractivity contribution in [2.45, 2.75) is 18.5 Å². The molecule has 2 aliphatic heterocycles. The molecule has 2 unspecified atom stereocenters. The summed E-state index contributed by atoms with van der Waals surface area (Å²) >= 11 is 0. The molecule has 2 saturated heterocycles. The van der Waals surface area contributed by atoms with Gasteiger partial charge in [0, 0.05) is 18.2 Å². The summed E-state index contributed by atoms with van der Waals surface area (Å²) in [4.78, 5) is 8.73. The minimum Gasteiger partial charge on any atom is -0.366 e. The molecule has 0 saturated carbocycles. The third-order valence-electron chi connectivity index (χ3n) is 4.37. The molecule has 20 heavy (non-hydrogen) atoms. The summed E-state index contributed by atoms with van der Waals surface area (Å²) in [5, 5.41) is 6.71. The monoisotopic (exact) mass is 270 g/mol. The largest absolute Gasteiger partial charge is 0.366 e. The number of nitrogen functional groups attached to an aromatic ring is 1. The zero-order valence-electron chi connectivity index (χ0n) is 11.5. The van der Waals surface area contributed by atoms with E-state index in [0.717, 1.165) is 24.5 Å². The third kappa shape index (κ3) is 1.68. The number of fused-ring (bicyclic) bond motifs is 2. The number of nitrogens with two attached hydrogens (primary N) is 1. The van der Waals surface area contributed by atoms with Gasteiger partial charge < -0.3 is 5.73 Å². The maximum absolute atomic E-state index is 5.83. The average molecular weight is 270 g/mol. The van der Waals surface area contributed by atoms with Gasteiger partial charge in [0.2, 0.25) is 5.95 Å². The first kappa shape index (κ1) is 11.7. The van der Waals surface area contributed by atoms with Crippen LogP contribution >= 0.6 is 0 Å². The highest BCUT2D eigenvalue weighted by Gasteiger charge is 2.43. The summed E-state index contributed by atoms with van der Waals surface area (Å²) in [5.41, 5.74) is 6.88. The molecule has 104 valence electrons. The van der Waals surface area contributed by atoms with E-state index in [9.17, 15) is 0 Å². The van der Waals surface area contributed by atoms with Gasteiger partial charge in [-0.1, -0.05) is 30.3 Å². The van der Waals surface area contributed by atoms with Gasteiger partial charge in [-0.3, -0.25) is 9.91 Å². The molecular weight excluding hydrogens is 252 g/mol. The van der Waals surface area contributed by atoms with Crippen LogP contribution in [0.25, 0.3) is 11.4 Å². The van der Waals surface area contributed by atoms with Gasteiger partial charge in [-0.2, -0.15) is 9.77 Å². The fraction of sp³-hybridized carbons (Fsp3) is 0.429. The Morgan fingerprint density at radius 1 is 1.15 bits per heavy atom. The van der Waals surface area contributed by atoms with Crippen LogP contribution < -0.4 is 10.7 Å². The number of aromatic nitrogens is 3. The zero-order chi connectivity index (χ0) is 13.7.